The topological polar surface area (TPSA) is 35.5 Å². The Balaban J connectivity index is 1.48. The maximum atomic E-state index is 13.3. The van der Waals surface area contributed by atoms with Crippen molar-refractivity contribution in [1.82, 2.24) is 9.62 Å². The van der Waals surface area contributed by atoms with Gasteiger partial charge in [-0.05, 0) is 87.3 Å². The fourth-order valence-corrected chi connectivity index (χ4v) is 5.70. The lowest BCUT2D eigenvalue weighted by molar-refractivity contribution is -0.139. The first-order valence-corrected chi connectivity index (χ1v) is 12.3. The molecule has 0 fully saturated rings. The Kier molecular flexibility index (Phi) is 8.36. The fraction of sp³-hybridized carbons (Fsp3) is 0.500. The molecule has 0 bridgehead atoms. The summed E-state index contributed by atoms with van der Waals surface area (Å²) in [6.45, 7) is 4.90. The summed E-state index contributed by atoms with van der Waals surface area (Å²) in [4.78, 5) is 0.115. The van der Waals surface area contributed by atoms with Gasteiger partial charge in [-0.1, -0.05) is 40.2 Å². The Bertz CT molecular complexity index is 897. The lowest BCUT2D eigenvalue weighted by Gasteiger charge is -2.31. The van der Waals surface area contributed by atoms with Crippen LogP contribution in [0.5, 0.6) is 0 Å². The van der Waals surface area contributed by atoms with Crippen LogP contribution in [0.25, 0.3) is 0 Å². The predicted molar refractivity (Wildman–Crippen MR) is 128 cm³/mol. The van der Waals surface area contributed by atoms with Crippen LogP contribution in [0.2, 0.25) is 0 Å². The number of rotatable bonds is 9. The van der Waals surface area contributed by atoms with Gasteiger partial charge >= 0.3 is 6.18 Å². The van der Waals surface area contributed by atoms with Gasteiger partial charge in [-0.25, -0.2) is 4.31 Å². The van der Waals surface area contributed by atoms with Gasteiger partial charge in [0.15, 0.2) is 0 Å². The number of β-amino-alcohol motifs (C(OH)–C–C–N with tert-alkyl or cyclic N) is 1. The quantitative estimate of drug-likeness (QED) is 0.393. The molecule has 1 aliphatic rings. The van der Waals surface area contributed by atoms with E-state index in [1.165, 1.54) is 17.2 Å². The number of hydrogen-bond donors (Lipinski definition) is 2. The predicted octanol–water partition coefficient (Wildman–Crippen LogP) is 5.94. The number of aliphatic hydroxyl groups excluding tert-OH is 1. The molecule has 0 unspecified atom stereocenters. The average Bonchev–Trinajstić information content (AvgIpc) is 3.08. The number of alkyl halides is 3. The van der Waals surface area contributed by atoms with Crippen molar-refractivity contribution in [1.29, 1.82) is 0 Å². The highest BCUT2D eigenvalue weighted by Gasteiger charge is 2.34. The molecular formula is C24H30BrF3N2OS. The Labute approximate surface area is 201 Å². The number of halogens is 4. The number of benzene rings is 2. The van der Waals surface area contributed by atoms with E-state index in [1.54, 1.807) is 17.4 Å². The molecule has 3 rings (SSSR count). The highest BCUT2D eigenvalue weighted by molar-refractivity contribution is 9.10. The summed E-state index contributed by atoms with van der Waals surface area (Å²) in [6, 6.07) is 12.7. The minimum atomic E-state index is -4.43. The van der Waals surface area contributed by atoms with Crippen LogP contribution >= 0.6 is 27.9 Å². The molecule has 0 aromatic heterocycles. The maximum absolute atomic E-state index is 13.3. The van der Waals surface area contributed by atoms with Gasteiger partial charge in [0.2, 0.25) is 0 Å². The van der Waals surface area contributed by atoms with Crippen LogP contribution in [-0.4, -0.2) is 41.2 Å². The monoisotopic (exact) mass is 530 g/mol. The lowest BCUT2D eigenvalue weighted by atomic mass is 9.88. The molecule has 3 nitrogen and oxygen atoms in total. The standard InChI is InChI=1S/C24H30BrF3N2OS/c1-23(2,13-16-10-17-6-4-5-7-18(17)11-16)29-14-20(31)15-30(3)32-22-9-8-19(25)12-21(22)24(26,27)28/h4-9,12,16,20,29,31H,10-11,13-15H2,1-3H3/t20-/m1/s1. The van der Waals surface area contributed by atoms with Crippen LogP contribution in [0, 0.1) is 5.92 Å². The van der Waals surface area contributed by atoms with E-state index in [4.69, 9.17) is 0 Å². The molecule has 0 heterocycles. The summed E-state index contributed by atoms with van der Waals surface area (Å²) in [7, 11) is 1.69. The molecule has 0 radical (unpaired) electrons. The summed E-state index contributed by atoms with van der Waals surface area (Å²) in [5, 5.41) is 13.9. The van der Waals surface area contributed by atoms with Crippen molar-refractivity contribution in [2.45, 2.75) is 55.8 Å². The van der Waals surface area contributed by atoms with Crippen molar-refractivity contribution in [3.8, 4) is 0 Å². The first-order valence-electron chi connectivity index (χ1n) is 10.7. The minimum absolute atomic E-state index is 0.115. The van der Waals surface area contributed by atoms with Gasteiger partial charge in [0.1, 0.15) is 0 Å². The number of hydrogen-bond acceptors (Lipinski definition) is 4. The van der Waals surface area contributed by atoms with E-state index in [2.05, 4.69) is 59.4 Å². The van der Waals surface area contributed by atoms with Gasteiger partial charge in [0.25, 0.3) is 0 Å². The zero-order valence-corrected chi connectivity index (χ0v) is 20.9. The summed E-state index contributed by atoms with van der Waals surface area (Å²) < 4.78 is 42.0. The van der Waals surface area contributed by atoms with Crippen molar-refractivity contribution in [2.24, 2.45) is 5.92 Å². The number of likely N-dealkylation sites (N-methyl/N-ethyl adjacent to an activating group) is 1. The van der Waals surface area contributed by atoms with E-state index in [9.17, 15) is 18.3 Å². The zero-order chi connectivity index (χ0) is 23.5. The van der Waals surface area contributed by atoms with Gasteiger partial charge in [-0.15, -0.1) is 0 Å². The first-order chi connectivity index (χ1) is 14.9. The molecule has 0 aliphatic heterocycles. The Morgan fingerprint density at radius 2 is 1.78 bits per heavy atom. The third kappa shape index (κ3) is 7.22. The maximum Gasteiger partial charge on any atom is 0.417 e. The summed E-state index contributed by atoms with van der Waals surface area (Å²) in [5.41, 5.74) is 2.03. The molecule has 32 heavy (non-hydrogen) atoms. The van der Waals surface area contributed by atoms with Crippen molar-refractivity contribution in [2.75, 3.05) is 20.1 Å². The average molecular weight is 531 g/mol. The number of fused-ring (bicyclic) bond motifs is 1. The molecule has 2 aromatic carbocycles. The normalized spacial score (nSPS) is 15.9. The molecule has 0 spiro atoms. The van der Waals surface area contributed by atoms with Crippen molar-refractivity contribution < 1.29 is 18.3 Å². The van der Waals surface area contributed by atoms with Gasteiger partial charge in [-0.3, -0.25) is 0 Å². The van der Waals surface area contributed by atoms with Crippen LogP contribution < -0.4 is 5.32 Å². The van der Waals surface area contributed by atoms with Gasteiger partial charge in [0.05, 0.1) is 11.7 Å². The van der Waals surface area contributed by atoms with E-state index >= 15 is 0 Å². The summed E-state index contributed by atoms with van der Waals surface area (Å²) >= 11 is 4.09. The molecule has 2 aromatic rings. The molecule has 0 saturated carbocycles. The van der Waals surface area contributed by atoms with Crippen LogP contribution in [0.4, 0.5) is 13.2 Å². The molecule has 2 N–H and O–H groups in total. The molecule has 0 amide bonds. The van der Waals surface area contributed by atoms with E-state index in [0.29, 0.717) is 16.9 Å². The third-order valence-corrected chi connectivity index (χ3v) is 7.23. The largest absolute Gasteiger partial charge is 0.417 e. The molecule has 1 aliphatic carbocycles. The number of aliphatic hydroxyl groups is 1. The molecular weight excluding hydrogens is 501 g/mol. The van der Waals surface area contributed by atoms with Crippen LogP contribution in [0.15, 0.2) is 51.8 Å². The SMILES string of the molecule is CN(C[C@H](O)CNC(C)(C)CC1Cc2ccccc2C1)Sc1ccc(Br)cc1C(F)(F)F. The van der Waals surface area contributed by atoms with Crippen LogP contribution in [-0.2, 0) is 19.0 Å². The first kappa shape index (κ1) is 25.6. The van der Waals surface area contributed by atoms with Crippen molar-refractivity contribution in [3.63, 3.8) is 0 Å². The smallest absolute Gasteiger partial charge is 0.390 e. The third-order valence-electron chi connectivity index (χ3n) is 5.72. The number of nitrogens with zero attached hydrogens (tertiary/aromatic N) is 1. The summed E-state index contributed by atoms with van der Waals surface area (Å²) in [5.74, 6) is 0.573. The van der Waals surface area contributed by atoms with E-state index in [1.807, 2.05) is 0 Å². The van der Waals surface area contributed by atoms with Crippen molar-refractivity contribution >= 4 is 27.9 Å². The van der Waals surface area contributed by atoms with E-state index < -0.39 is 17.8 Å². The van der Waals surface area contributed by atoms with Gasteiger partial charge < -0.3 is 10.4 Å². The van der Waals surface area contributed by atoms with E-state index in [0.717, 1.165) is 37.3 Å². The highest BCUT2D eigenvalue weighted by atomic mass is 79.9. The van der Waals surface area contributed by atoms with Gasteiger partial charge in [-0.2, -0.15) is 13.2 Å². The molecule has 0 saturated heterocycles. The molecule has 8 heteroatoms. The zero-order valence-electron chi connectivity index (χ0n) is 18.5. The second-order valence-electron chi connectivity index (χ2n) is 9.21. The van der Waals surface area contributed by atoms with Gasteiger partial charge in [0, 0.05) is 28.0 Å². The lowest BCUT2D eigenvalue weighted by Crippen LogP contribution is -2.46. The molecule has 176 valence electrons. The fourth-order valence-electron chi connectivity index (χ4n) is 4.35. The second-order valence-corrected chi connectivity index (χ2v) is 11.4. The number of nitrogens with one attached hydrogen (secondary N) is 1. The molecule has 1 atom stereocenters. The Hall–Kier alpha value is -1.06. The van der Waals surface area contributed by atoms with Crippen LogP contribution in [0.3, 0.4) is 0 Å². The minimum Gasteiger partial charge on any atom is -0.390 e. The Morgan fingerprint density at radius 3 is 2.38 bits per heavy atom. The summed E-state index contributed by atoms with van der Waals surface area (Å²) in [6.07, 6.45) is -1.97. The van der Waals surface area contributed by atoms with Crippen molar-refractivity contribution in [3.05, 3.63) is 63.6 Å². The Morgan fingerprint density at radius 1 is 1.16 bits per heavy atom. The second kappa shape index (κ2) is 10.5. The highest BCUT2D eigenvalue weighted by Crippen LogP contribution is 2.39. The van der Waals surface area contributed by atoms with E-state index in [-0.39, 0.29) is 17.0 Å². The van der Waals surface area contributed by atoms with Crippen LogP contribution in [0.1, 0.15) is 37.0 Å².